The van der Waals surface area contributed by atoms with E-state index in [0.29, 0.717) is 12.1 Å². The first kappa shape index (κ1) is 24.8. The van der Waals surface area contributed by atoms with E-state index in [4.69, 9.17) is 16.2 Å². The summed E-state index contributed by atoms with van der Waals surface area (Å²) in [5.74, 6) is -1.34. The average Bonchev–Trinajstić information content (AvgIpc) is 3.15. The molecule has 1 atom stereocenters. The quantitative estimate of drug-likeness (QED) is 0.260. The third kappa shape index (κ3) is 11.4. The maximum atomic E-state index is 11.9. The van der Waals surface area contributed by atoms with Crippen molar-refractivity contribution in [2.45, 2.75) is 96.4 Å². The average molecular weight is 409 g/mol. The summed E-state index contributed by atoms with van der Waals surface area (Å²) in [7, 11) is 0. The van der Waals surface area contributed by atoms with Crippen molar-refractivity contribution in [3.05, 3.63) is 18.2 Å². The zero-order valence-corrected chi connectivity index (χ0v) is 17.6. The highest BCUT2D eigenvalue weighted by Crippen LogP contribution is 2.12. The summed E-state index contributed by atoms with van der Waals surface area (Å²) in [6.07, 6.45) is 16.0. The Kier molecular flexibility index (Phi) is 12.6. The summed E-state index contributed by atoms with van der Waals surface area (Å²) in [4.78, 5) is 38.6. The Labute approximate surface area is 173 Å². The van der Waals surface area contributed by atoms with Gasteiger partial charge in [-0.25, -0.2) is 14.6 Å². The van der Waals surface area contributed by atoms with Crippen LogP contribution in [0.1, 0.15) is 89.7 Å². The minimum atomic E-state index is -1.02. The number of esters is 2. The van der Waals surface area contributed by atoms with Gasteiger partial charge in [0.15, 0.2) is 0 Å². The van der Waals surface area contributed by atoms with Gasteiger partial charge in [0.1, 0.15) is 12.4 Å². The third-order valence-corrected chi connectivity index (χ3v) is 4.82. The van der Waals surface area contributed by atoms with Crippen LogP contribution in [-0.4, -0.2) is 33.6 Å². The first-order valence-corrected chi connectivity index (χ1v) is 10.8. The van der Waals surface area contributed by atoms with Gasteiger partial charge in [-0.1, -0.05) is 71.1 Å². The molecule has 1 rings (SSSR count). The molecule has 0 fully saturated rings. The number of ether oxygens (including phenoxy) is 1. The molecule has 1 aromatic rings. The molecule has 0 bridgehead atoms. The lowest BCUT2D eigenvalue weighted by molar-refractivity contribution is -0.160. The van der Waals surface area contributed by atoms with Crippen LogP contribution in [0.15, 0.2) is 12.5 Å². The SMILES string of the molecule is CCCCCCCCCCCCCC(=O)OC(=O)[C@@H](N)Cc1cn(C(N)=O)cn1. The fourth-order valence-electron chi connectivity index (χ4n) is 3.07. The van der Waals surface area contributed by atoms with Crippen LogP contribution in [0.25, 0.3) is 0 Å². The van der Waals surface area contributed by atoms with Gasteiger partial charge in [0.05, 0.1) is 5.69 Å². The van der Waals surface area contributed by atoms with Crippen LogP contribution in [0.3, 0.4) is 0 Å². The highest BCUT2D eigenvalue weighted by molar-refractivity contribution is 5.88. The highest BCUT2D eigenvalue weighted by Gasteiger charge is 2.20. The summed E-state index contributed by atoms with van der Waals surface area (Å²) in [5.41, 5.74) is 11.3. The Morgan fingerprint density at radius 2 is 1.55 bits per heavy atom. The van der Waals surface area contributed by atoms with Crippen molar-refractivity contribution in [1.29, 1.82) is 0 Å². The van der Waals surface area contributed by atoms with Crippen molar-refractivity contribution in [2.75, 3.05) is 0 Å². The van der Waals surface area contributed by atoms with E-state index < -0.39 is 24.0 Å². The summed E-state index contributed by atoms with van der Waals surface area (Å²) in [5, 5.41) is 0. The third-order valence-electron chi connectivity index (χ3n) is 4.82. The van der Waals surface area contributed by atoms with E-state index in [1.807, 2.05) is 0 Å². The summed E-state index contributed by atoms with van der Waals surface area (Å²) < 4.78 is 5.89. The molecular formula is C21H36N4O4. The van der Waals surface area contributed by atoms with Gasteiger partial charge in [-0.05, 0) is 6.42 Å². The number of nitrogens with two attached hydrogens (primary N) is 2. The molecule has 0 radical (unpaired) electrons. The molecule has 0 saturated carbocycles. The van der Waals surface area contributed by atoms with E-state index in [1.165, 1.54) is 63.9 Å². The second-order valence-corrected chi connectivity index (χ2v) is 7.50. The Bertz CT molecular complexity index is 630. The van der Waals surface area contributed by atoms with E-state index in [2.05, 4.69) is 11.9 Å². The lowest BCUT2D eigenvalue weighted by Gasteiger charge is -2.09. The van der Waals surface area contributed by atoms with Gasteiger partial charge < -0.3 is 16.2 Å². The van der Waals surface area contributed by atoms with E-state index >= 15 is 0 Å². The van der Waals surface area contributed by atoms with Crippen molar-refractivity contribution in [1.82, 2.24) is 9.55 Å². The molecule has 0 unspecified atom stereocenters. The number of primary amides is 1. The second kappa shape index (κ2) is 14.7. The van der Waals surface area contributed by atoms with Gasteiger partial charge in [0.25, 0.3) is 0 Å². The maximum Gasteiger partial charge on any atom is 0.330 e. The van der Waals surface area contributed by atoms with Crippen LogP contribution in [0.2, 0.25) is 0 Å². The van der Waals surface area contributed by atoms with Crippen molar-refractivity contribution in [2.24, 2.45) is 11.5 Å². The maximum absolute atomic E-state index is 11.9. The predicted molar refractivity (Wildman–Crippen MR) is 111 cm³/mol. The number of rotatable bonds is 15. The van der Waals surface area contributed by atoms with E-state index in [9.17, 15) is 14.4 Å². The van der Waals surface area contributed by atoms with E-state index in [0.717, 1.165) is 17.4 Å². The summed E-state index contributed by atoms with van der Waals surface area (Å²) in [6, 6.07) is -1.70. The molecule has 0 aliphatic carbocycles. The Morgan fingerprint density at radius 1 is 1.00 bits per heavy atom. The van der Waals surface area contributed by atoms with Gasteiger partial charge in [-0.15, -0.1) is 0 Å². The largest absolute Gasteiger partial charge is 0.392 e. The Morgan fingerprint density at radius 3 is 2.07 bits per heavy atom. The van der Waals surface area contributed by atoms with Gasteiger partial charge in [-0.2, -0.15) is 0 Å². The van der Waals surface area contributed by atoms with Crippen LogP contribution >= 0.6 is 0 Å². The smallest absolute Gasteiger partial charge is 0.330 e. The summed E-state index contributed by atoms with van der Waals surface area (Å²) in [6.45, 7) is 2.23. The molecule has 0 saturated heterocycles. The lowest BCUT2D eigenvalue weighted by Crippen LogP contribution is -2.35. The zero-order valence-electron chi connectivity index (χ0n) is 17.6. The molecule has 0 aromatic carbocycles. The standard InChI is InChI=1S/C21H36N4O4/c1-2-3-4-5-6-7-8-9-10-11-12-13-19(26)29-20(27)18(22)14-17-15-25(16-24-17)21(23)28/h15-16,18H,2-14,22H2,1H3,(H2,23,28)/t18-/m0/s1. The number of amides is 1. The molecule has 29 heavy (non-hydrogen) atoms. The molecular weight excluding hydrogens is 372 g/mol. The monoisotopic (exact) mass is 408 g/mol. The zero-order chi connectivity index (χ0) is 21.5. The molecule has 1 heterocycles. The number of carbonyl (C=O) groups excluding carboxylic acids is 3. The van der Waals surface area contributed by atoms with Crippen LogP contribution in [0, 0.1) is 0 Å². The number of hydrogen-bond donors (Lipinski definition) is 2. The first-order valence-electron chi connectivity index (χ1n) is 10.8. The number of hydrogen-bond acceptors (Lipinski definition) is 6. The molecule has 8 nitrogen and oxygen atoms in total. The van der Waals surface area contributed by atoms with E-state index in [-0.39, 0.29) is 12.8 Å². The van der Waals surface area contributed by atoms with Crippen LogP contribution in [-0.2, 0) is 20.7 Å². The van der Waals surface area contributed by atoms with Crippen molar-refractivity contribution in [3.63, 3.8) is 0 Å². The predicted octanol–water partition coefficient (Wildman–Crippen LogP) is 3.45. The number of aromatic nitrogens is 2. The lowest BCUT2D eigenvalue weighted by atomic mass is 10.1. The Balaban J connectivity index is 2.07. The summed E-state index contributed by atoms with van der Waals surface area (Å²) >= 11 is 0. The highest BCUT2D eigenvalue weighted by atomic mass is 16.6. The fraction of sp³-hybridized carbons (Fsp3) is 0.714. The normalized spacial score (nSPS) is 11.9. The van der Waals surface area contributed by atoms with Crippen molar-refractivity contribution >= 4 is 18.0 Å². The van der Waals surface area contributed by atoms with Crippen LogP contribution < -0.4 is 11.5 Å². The van der Waals surface area contributed by atoms with Crippen molar-refractivity contribution < 1.29 is 19.1 Å². The van der Waals surface area contributed by atoms with E-state index in [1.54, 1.807) is 0 Å². The van der Waals surface area contributed by atoms with Gasteiger partial charge in [-0.3, -0.25) is 9.36 Å². The molecule has 0 aliphatic rings. The molecule has 1 amide bonds. The minimum Gasteiger partial charge on any atom is -0.392 e. The fourth-order valence-corrected chi connectivity index (χ4v) is 3.07. The number of nitrogens with zero attached hydrogens (tertiary/aromatic N) is 2. The van der Waals surface area contributed by atoms with Crippen molar-refractivity contribution in [3.8, 4) is 0 Å². The molecule has 4 N–H and O–H groups in total. The van der Waals surface area contributed by atoms with Gasteiger partial charge in [0.2, 0.25) is 0 Å². The minimum absolute atomic E-state index is 0.0604. The van der Waals surface area contributed by atoms with Crippen LogP contribution in [0.5, 0.6) is 0 Å². The topological polar surface area (TPSA) is 130 Å². The number of unbranched alkanes of at least 4 members (excludes halogenated alkanes) is 10. The second-order valence-electron chi connectivity index (χ2n) is 7.50. The van der Waals surface area contributed by atoms with Crippen LogP contribution in [0.4, 0.5) is 4.79 Å². The number of carbonyl (C=O) groups is 3. The van der Waals surface area contributed by atoms with Gasteiger partial charge in [0, 0.05) is 19.0 Å². The Hall–Kier alpha value is -2.22. The molecule has 8 heteroatoms. The number of imidazole rings is 1. The molecule has 1 aromatic heterocycles. The first-order chi connectivity index (χ1) is 13.9. The molecule has 0 aliphatic heterocycles. The molecule has 0 spiro atoms. The van der Waals surface area contributed by atoms with Gasteiger partial charge >= 0.3 is 18.0 Å². The molecule has 164 valence electrons.